The zero-order valence-corrected chi connectivity index (χ0v) is 17.5. The van der Waals surface area contributed by atoms with E-state index in [9.17, 15) is 8.78 Å². The summed E-state index contributed by atoms with van der Waals surface area (Å²) in [5, 5.41) is 0. The van der Waals surface area contributed by atoms with Gasteiger partial charge in [-0.1, -0.05) is 33.3 Å². The minimum atomic E-state index is -2.61. The van der Waals surface area contributed by atoms with Gasteiger partial charge in [-0.15, -0.1) is 0 Å². The molecule has 1 aromatic rings. The largest absolute Gasteiger partial charge is 0.500 e. The van der Waals surface area contributed by atoms with E-state index in [0.29, 0.717) is 19.8 Å². The monoisotopic (exact) mass is 388 g/mol. The van der Waals surface area contributed by atoms with Gasteiger partial charge < -0.3 is 13.3 Å². The summed E-state index contributed by atoms with van der Waals surface area (Å²) in [5.74, 6) is -1.57. The number of hydrogen-bond donors (Lipinski definition) is 0. The highest BCUT2D eigenvalue weighted by Crippen LogP contribution is 2.22. The third-order valence-electron chi connectivity index (χ3n) is 4.01. The van der Waals surface area contributed by atoms with Gasteiger partial charge in [0.1, 0.15) is 0 Å². The van der Waals surface area contributed by atoms with Gasteiger partial charge in [0.25, 0.3) is 0 Å². The van der Waals surface area contributed by atoms with Gasteiger partial charge in [-0.05, 0) is 56.2 Å². The van der Waals surface area contributed by atoms with Crippen molar-refractivity contribution in [1.82, 2.24) is 0 Å². The van der Waals surface area contributed by atoms with Crippen LogP contribution in [0.15, 0.2) is 18.2 Å². The molecule has 26 heavy (non-hydrogen) atoms. The minimum absolute atomic E-state index is 0.661. The van der Waals surface area contributed by atoms with Gasteiger partial charge in [-0.3, -0.25) is 0 Å². The fourth-order valence-corrected chi connectivity index (χ4v) is 5.57. The lowest BCUT2D eigenvalue weighted by atomic mass is 10.1. The van der Waals surface area contributed by atoms with Crippen LogP contribution in [0.3, 0.4) is 0 Å². The van der Waals surface area contributed by atoms with Crippen molar-refractivity contribution in [3.8, 4) is 0 Å². The minimum Gasteiger partial charge on any atom is -0.373 e. The standard InChI is InChI=1S/C20H34F2O3Si/c1-4-13-23-26(24-14-5-2,25-15-6-3)16-9-7-8-10-18-11-12-19(21)20(22)17-18/h11-12,17H,4-10,13-16H2,1-3H3. The van der Waals surface area contributed by atoms with Crippen LogP contribution in [0.1, 0.15) is 64.9 Å². The molecule has 0 bridgehead atoms. The van der Waals surface area contributed by atoms with Gasteiger partial charge in [0.2, 0.25) is 0 Å². The Balaban J connectivity index is 2.48. The van der Waals surface area contributed by atoms with Crippen LogP contribution in [0, 0.1) is 11.6 Å². The molecule has 0 aliphatic carbocycles. The van der Waals surface area contributed by atoms with Crippen molar-refractivity contribution in [3.63, 3.8) is 0 Å². The zero-order chi connectivity index (χ0) is 19.3. The first kappa shape index (κ1) is 23.2. The predicted molar refractivity (Wildman–Crippen MR) is 103 cm³/mol. The lowest BCUT2D eigenvalue weighted by Crippen LogP contribution is -2.46. The van der Waals surface area contributed by atoms with E-state index in [1.54, 1.807) is 6.07 Å². The Morgan fingerprint density at radius 1 is 0.769 bits per heavy atom. The number of unbranched alkanes of at least 4 members (excludes halogenated alkanes) is 2. The lowest BCUT2D eigenvalue weighted by Gasteiger charge is -2.29. The van der Waals surface area contributed by atoms with Gasteiger partial charge in [0.05, 0.1) is 0 Å². The molecule has 6 heteroatoms. The molecule has 0 spiro atoms. The van der Waals surface area contributed by atoms with E-state index in [0.717, 1.165) is 56.6 Å². The summed E-state index contributed by atoms with van der Waals surface area (Å²) in [6, 6.07) is 4.94. The van der Waals surface area contributed by atoms with E-state index < -0.39 is 20.4 Å². The molecular formula is C20H34F2O3Si. The Bertz CT molecular complexity index is 478. The number of halogens is 2. The van der Waals surface area contributed by atoms with E-state index >= 15 is 0 Å². The van der Waals surface area contributed by atoms with Gasteiger partial charge >= 0.3 is 8.80 Å². The lowest BCUT2D eigenvalue weighted by molar-refractivity contribution is 0.0586. The fourth-order valence-electron chi connectivity index (χ4n) is 2.66. The molecule has 150 valence electrons. The third kappa shape index (κ3) is 8.71. The Morgan fingerprint density at radius 3 is 1.85 bits per heavy atom. The third-order valence-corrected chi connectivity index (χ3v) is 6.91. The quantitative estimate of drug-likeness (QED) is 0.277. The molecule has 3 nitrogen and oxygen atoms in total. The highest BCUT2D eigenvalue weighted by molar-refractivity contribution is 6.60. The van der Waals surface area contributed by atoms with Crippen LogP contribution in [0.5, 0.6) is 0 Å². The van der Waals surface area contributed by atoms with E-state index in [-0.39, 0.29) is 0 Å². The Morgan fingerprint density at radius 2 is 1.35 bits per heavy atom. The molecule has 0 N–H and O–H groups in total. The van der Waals surface area contributed by atoms with Crippen molar-refractivity contribution in [2.75, 3.05) is 19.8 Å². The van der Waals surface area contributed by atoms with Gasteiger partial charge in [0.15, 0.2) is 11.6 Å². The summed E-state index contributed by atoms with van der Waals surface area (Å²) in [7, 11) is -2.61. The van der Waals surface area contributed by atoms with Crippen LogP contribution >= 0.6 is 0 Å². The molecule has 0 saturated heterocycles. The normalized spacial score (nSPS) is 11.9. The maximum absolute atomic E-state index is 13.2. The topological polar surface area (TPSA) is 27.7 Å². The first-order chi connectivity index (χ1) is 12.6. The summed E-state index contributed by atoms with van der Waals surface area (Å²) >= 11 is 0. The molecule has 0 amide bonds. The fraction of sp³-hybridized carbons (Fsp3) is 0.700. The molecule has 0 aliphatic rings. The van der Waals surface area contributed by atoms with Crippen molar-refractivity contribution < 1.29 is 22.1 Å². The van der Waals surface area contributed by atoms with Crippen LogP contribution in [-0.2, 0) is 19.7 Å². The highest BCUT2D eigenvalue weighted by Gasteiger charge is 2.40. The second kappa shape index (κ2) is 13.4. The molecule has 0 heterocycles. The Hall–Kier alpha value is -0.823. The van der Waals surface area contributed by atoms with Crippen molar-refractivity contribution in [2.45, 2.75) is 71.8 Å². The van der Waals surface area contributed by atoms with E-state index in [1.165, 1.54) is 12.1 Å². The molecule has 0 radical (unpaired) electrons. The average molecular weight is 389 g/mol. The summed E-state index contributed by atoms with van der Waals surface area (Å²) in [6.45, 7) is 8.24. The average Bonchev–Trinajstić information content (AvgIpc) is 2.65. The summed E-state index contributed by atoms with van der Waals surface area (Å²) in [6.07, 6.45) is 6.42. The number of benzene rings is 1. The van der Waals surface area contributed by atoms with Gasteiger partial charge in [-0.2, -0.15) is 0 Å². The molecule has 0 unspecified atom stereocenters. The maximum atomic E-state index is 13.2. The van der Waals surface area contributed by atoms with E-state index in [4.69, 9.17) is 13.3 Å². The number of hydrogen-bond acceptors (Lipinski definition) is 3. The second-order valence-electron chi connectivity index (χ2n) is 6.54. The first-order valence-corrected chi connectivity index (χ1v) is 11.9. The summed E-state index contributed by atoms with van der Waals surface area (Å²) in [5.41, 5.74) is 0.833. The second-order valence-corrected chi connectivity index (χ2v) is 9.27. The van der Waals surface area contributed by atoms with E-state index in [1.807, 2.05) is 0 Å². The predicted octanol–water partition coefficient (Wildman–Crippen LogP) is 5.90. The molecule has 1 rings (SSSR count). The zero-order valence-electron chi connectivity index (χ0n) is 16.5. The van der Waals surface area contributed by atoms with Crippen molar-refractivity contribution >= 4 is 8.80 Å². The van der Waals surface area contributed by atoms with Crippen LogP contribution in [0.2, 0.25) is 6.04 Å². The molecule has 0 atom stereocenters. The molecular weight excluding hydrogens is 354 g/mol. The van der Waals surface area contributed by atoms with Gasteiger partial charge in [0, 0.05) is 25.9 Å². The van der Waals surface area contributed by atoms with Crippen LogP contribution in [0.4, 0.5) is 8.78 Å². The van der Waals surface area contributed by atoms with Crippen molar-refractivity contribution in [1.29, 1.82) is 0 Å². The number of rotatable bonds is 15. The first-order valence-electron chi connectivity index (χ1n) is 9.92. The molecule has 0 fully saturated rings. The molecule has 1 aromatic carbocycles. The van der Waals surface area contributed by atoms with Gasteiger partial charge in [-0.25, -0.2) is 8.78 Å². The molecule has 0 aliphatic heterocycles. The molecule has 0 saturated carbocycles. The summed E-state index contributed by atoms with van der Waals surface area (Å²) < 4.78 is 44.5. The number of aryl methyl sites for hydroxylation is 1. The van der Waals surface area contributed by atoms with Crippen molar-refractivity contribution in [3.05, 3.63) is 35.4 Å². The van der Waals surface area contributed by atoms with Crippen LogP contribution in [-0.4, -0.2) is 28.6 Å². The summed E-state index contributed by atoms with van der Waals surface area (Å²) in [4.78, 5) is 0. The SMILES string of the molecule is CCCO[Si](CCCCCc1ccc(F)c(F)c1)(OCCC)OCCC. The van der Waals surface area contributed by atoms with Crippen molar-refractivity contribution in [2.24, 2.45) is 0 Å². The maximum Gasteiger partial charge on any atom is 0.500 e. The van der Waals surface area contributed by atoms with Crippen LogP contribution in [0.25, 0.3) is 0 Å². The van der Waals surface area contributed by atoms with Crippen LogP contribution < -0.4 is 0 Å². The molecule has 0 aromatic heterocycles. The highest BCUT2D eigenvalue weighted by atomic mass is 28.4. The Labute approximate surface area is 158 Å². The smallest absolute Gasteiger partial charge is 0.373 e. The Kier molecular flexibility index (Phi) is 11.9. The van der Waals surface area contributed by atoms with E-state index in [2.05, 4.69) is 20.8 Å².